The van der Waals surface area contributed by atoms with Gasteiger partial charge in [0.05, 0.1) is 5.56 Å². The van der Waals surface area contributed by atoms with Gasteiger partial charge in [0, 0.05) is 36.2 Å². The van der Waals surface area contributed by atoms with Gasteiger partial charge in [-0.2, -0.15) is 27.9 Å². The van der Waals surface area contributed by atoms with Crippen molar-refractivity contribution < 1.29 is 13.2 Å². The molecule has 1 aliphatic heterocycles. The summed E-state index contributed by atoms with van der Waals surface area (Å²) < 4.78 is 41.7. The molecule has 42 heavy (non-hydrogen) atoms. The third-order valence-corrected chi connectivity index (χ3v) is 7.44. The third kappa shape index (κ3) is 6.54. The molecule has 3 heterocycles. The molecule has 12 heteroatoms. The van der Waals surface area contributed by atoms with Crippen molar-refractivity contribution in [2.24, 2.45) is 0 Å². The maximum atomic E-state index is 13.4. The molecule has 0 unspecified atom stereocenters. The predicted molar refractivity (Wildman–Crippen MR) is 157 cm³/mol. The minimum atomic E-state index is -4.40. The number of nitrogens with zero attached hydrogens (tertiary/aromatic N) is 6. The predicted octanol–water partition coefficient (Wildman–Crippen LogP) is 6.25. The van der Waals surface area contributed by atoms with Crippen LogP contribution in [0.4, 0.5) is 36.3 Å². The van der Waals surface area contributed by atoms with Gasteiger partial charge < -0.3 is 20.9 Å². The highest BCUT2D eigenvalue weighted by Gasteiger charge is 2.31. The maximum absolute atomic E-state index is 13.4. The van der Waals surface area contributed by atoms with Gasteiger partial charge in [0.2, 0.25) is 5.95 Å². The van der Waals surface area contributed by atoms with Crippen LogP contribution in [-0.4, -0.2) is 55.8 Å². The van der Waals surface area contributed by atoms with Crippen molar-refractivity contribution in [3.8, 4) is 5.82 Å². The van der Waals surface area contributed by atoms with E-state index in [0.717, 1.165) is 67.6 Å². The van der Waals surface area contributed by atoms with Crippen molar-refractivity contribution in [2.45, 2.75) is 38.8 Å². The number of hydrogen-bond donors (Lipinski definition) is 3. The Morgan fingerprint density at radius 2 is 1.79 bits per heavy atom. The smallest absolute Gasteiger partial charge is 0.369 e. The molecule has 4 aromatic rings. The molecule has 1 saturated carbocycles. The van der Waals surface area contributed by atoms with E-state index in [1.807, 2.05) is 31.2 Å². The lowest BCUT2D eigenvalue weighted by atomic mass is 10.1. The van der Waals surface area contributed by atoms with E-state index in [-0.39, 0.29) is 0 Å². The number of likely N-dealkylation sites (tertiary alicyclic amines) is 1. The van der Waals surface area contributed by atoms with Gasteiger partial charge in [-0.1, -0.05) is 18.2 Å². The molecule has 2 aromatic heterocycles. The number of hydrogen-bond acceptors (Lipinski definition) is 8. The van der Waals surface area contributed by atoms with Crippen LogP contribution in [-0.2, 0) is 6.18 Å². The summed E-state index contributed by atoms with van der Waals surface area (Å²) in [6.45, 7) is 6.00. The summed E-state index contributed by atoms with van der Waals surface area (Å²) in [7, 11) is 0. The lowest BCUT2D eigenvalue weighted by molar-refractivity contribution is -0.137. The normalized spacial score (nSPS) is 15.1. The second kappa shape index (κ2) is 11.8. The quantitative estimate of drug-likeness (QED) is 0.204. The van der Waals surface area contributed by atoms with E-state index < -0.39 is 11.7 Å². The van der Waals surface area contributed by atoms with Gasteiger partial charge in [-0.15, -0.1) is 0 Å². The van der Waals surface area contributed by atoms with E-state index in [4.69, 9.17) is 0 Å². The van der Waals surface area contributed by atoms with Gasteiger partial charge in [-0.25, -0.2) is 9.97 Å². The number of nitrogens with one attached hydrogen (secondary N) is 3. The standard InChI is InChI=1S/C30H32F3N9/c1-20-7-10-24(39-28(21-8-9-21)22-5-4-6-23(15-22)30(31,32)33)16-25(20)40-29-37-19-38-42(29)27-17-26(35-18-36-27)34-11-14-41-12-2-3-13-41/h4-7,10,15-19,39H,2-3,8-9,11-14H2,1H3,(H,34,35,36)(H,37,38,40). The van der Waals surface area contributed by atoms with Gasteiger partial charge >= 0.3 is 6.18 Å². The van der Waals surface area contributed by atoms with Gasteiger partial charge in [-0.05, 0) is 86.7 Å². The molecule has 0 amide bonds. The Labute approximate surface area is 241 Å². The second-order valence-electron chi connectivity index (χ2n) is 10.6. The monoisotopic (exact) mass is 575 g/mol. The molecule has 0 bridgehead atoms. The number of aromatic nitrogens is 5. The first-order chi connectivity index (χ1) is 20.3. The fourth-order valence-corrected chi connectivity index (χ4v) is 5.03. The minimum absolute atomic E-state index is 0.468. The lowest BCUT2D eigenvalue weighted by Gasteiger charge is -2.16. The Morgan fingerprint density at radius 1 is 0.952 bits per heavy atom. The number of anilines is 4. The highest BCUT2D eigenvalue weighted by Crippen LogP contribution is 2.39. The minimum Gasteiger partial charge on any atom is -0.369 e. The SMILES string of the molecule is Cc1ccc(NC(=C2CC2)c2cccc(C(F)(F)F)c2)cc1Nc1ncnn1-c1cc(NCCN2CCCC2)ncn1. The Morgan fingerprint density at radius 3 is 2.57 bits per heavy atom. The van der Waals surface area contributed by atoms with Crippen LogP contribution in [0.3, 0.4) is 0 Å². The van der Waals surface area contributed by atoms with Gasteiger partial charge in [-0.3, -0.25) is 0 Å². The van der Waals surface area contributed by atoms with Crippen LogP contribution in [0.25, 0.3) is 11.5 Å². The second-order valence-corrected chi connectivity index (χ2v) is 10.6. The largest absolute Gasteiger partial charge is 0.416 e. The summed E-state index contributed by atoms with van der Waals surface area (Å²) in [6, 6.07) is 13.0. The molecule has 0 spiro atoms. The van der Waals surface area contributed by atoms with Crippen molar-refractivity contribution >= 4 is 28.8 Å². The van der Waals surface area contributed by atoms with Crippen molar-refractivity contribution in [3.63, 3.8) is 0 Å². The Hall–Kier alpha value is -4.45. The van der Waals surface area contributed by atoms with Gasteiger partial charge in [0.25, 0.3) is 0 Å². The van der Waals surface area contributed by atoms with Crippen LogP contribution in [0.5, 0.6) is 0 Å². The lowest BCUT2D eigenvalue weighted by Crippen LogP contribution is -2.26. The number of rotatable bonds is 10. The molecule has 0 atom stereocenters. The summed E-state index contributed by atoms with van der Waals surface area (Å²) in [4.78, 5) is 15.6. The number of benzene rings is 2. The molecule has 6 rings (SSSR count). The molecule has 1 saturated heterocycles. The molecule has 2 fully saturated rings. The van der Waals surface area contributed by atoms with Crippen LogP contribution < -0.4 is 16.0 Å². The summed E-state index contributed by atoms with van der Waals surface area (Å²) >= 11 is 0. The number of aryl methyl sites for hydroxylation is 1. The molecule has 1 aliphatic carbocycles. The average Bonchev–Trinajstić information content (AvgIpc) is 3.48. The topological polar surface area (TPSA) is 95.8 Å². The van der Waals surface area contributed by atoms with Crippen LogP contribution >= 0.6 is 0 Å². The van der Waals surface area contributed by atoms with E-state index >= 15 is 0 Å². The summed E-state index contributed by atoms with van der Waals surface area (Å²) in [5.74, 6) is 1.74. The maximum Gasteiger partial charge on any atom is 0.416 e. The number of alkyl halides is 3. The molecular formula is C30H32F3N9. The van der Waals surface area contributed by atoms with Crippen molar-refractivity contribution in [2.75, 3.05) is 42.1 Å². The number of halogens is 3. The molecule has 218 valence electrons. The van der Waals surface area contributed by atoms with E-state index in [9.17, 15) is 13.2 Å². The summed E-state index contributed by atoms with van der Waals surface area (Å²) in [5.41, 5.74) is 4.13. The molecule has 9 nitrogen and oxygen atoms in total. The summed E-state index contributed by atoms with van der Waals surface area (Å²) in [6.07, 6.45) is 2.76. The van der Waals surface area contributed by atoms with E-state index in [1.54, 1.807) is 10.7 Å². The van der Waals surface area contributed by atoms with Crippen molar-refractivity contribution in [1.29, 1.82) is 0 Å². The fraction of sp³-hybridized carbons (Fsp3) is 0.333. The molecule has 2 aliphatic rings. The first kappa shape index (κ1) is 27.7. The van der Waals surface area contributed by atoms with Gasteiger partial charge in [0.1, 0.15) is 18.5 Å². The van der Waals surface area contributed by atoms with Crippen LogP contribution in [0.1, 0.15) is 42.4 Å². The average molecular weight is 576 g/mol. The zero-order valence-corrected chi connectivity index (χ0v) is 23.2. The Bertz CT molecular complexity index is 1580. The van der Waals surface area contributed by atoms with Crippen LogP contribution in [0.2, 0.25) is 0 Å². The van der Waals surface area contributed by atoms with E-state index in [1.165, 1.54) is 37.6 Å². The van der Waals surface area contributed by atoms with Crippen molar-refractivity contribution in [1.82, 2.24) is 29.6 Å². The molecule has 3 N–H and O–H groups in total. The molecule has 0 radical (unpaired) electrons. The Balaban J connectivity index is 1.19. The fourth-order valence-electron chi connectivity index (χ4n) is 5.03. The number of allylic oxidation sites excluding steroid dienone is 1. The van der Waals surface area contributed by atoms with Crippen LogP contribution in [0, 0.1) is 6.92 Å². The first-order valence-corrected chi connectivity index (χ1v) is 14.1. The van der Waals surface area contributed by atoms with E-state index in [0.29, 0.717) is 28.8 Å². The highest BCUT2D eigenvalue weighted by molar-refractivity contribution is 5.82. The van der Waals surface area contributed by atoms with Crippen LogP contribution in [0.15, 0.2) is 66.8 Å². The van der Waals surface area contributed by atoms with E-state index in [2.05, 4.69) is 40.9 Å². The zero-order valence-electron chi connectivity index (χ0n) is 23.2. The van der Waals surface area contributed by atoms with Gasteiger partial charge in [0.15, 0.2) is 5.82 Å². The summed E-state index contributed by atoms with van der Waals surface area (Å²) in [5, 5.41) is 14.5. The highest BCUT2D eigenvalue weighted by atomic mass is 19.4. The van der Waals surface area contributed by atoms with Crippen molar-refractivity contribution in [3.05, 3.63) is 83.4 Å². The molecular weight excluding hydrogens is 543 g/mol. The zero-order chi connectivity index (χ0) is 29.1. The Kier molecular flexibility index (Phi) is 7.79. The molecule has 2 aromatic carbocycles. The third-order valence-electron chi connectivity index (χ3n) is 7.44. The first-order valence-electron chi connectivity index (χ1n) is 14.1.